The zero-order valence-electron chi connectivity index (χ0n) is 19.0. The topological polar surface area (TPSA) is 93.1 Å². The molecular formula is C25H28N4O3. The summed E-state index contributed by atoms with van der Waals surface area (Å²) < 4.78 is 1.09. The molecule has 1 heterocycles. The van der Waals surface area contributed by atoms with Crippen molar-refractivity contribution in [2.45, 2.75) is 41.2 Å². The quantitative estimate of drug-likeness (QED) is 0.614. The van der Waals surface area contributed by atoms with Crippen LogP contribution in [0.3, 0.4) is 0 Å². The Morgan fingerprint density at radius 2 is 1.59 bits per heavy atom. The van der Waals surface area contributed by atoms with Gasteiger partial charge in [-0.15, -0.1) is 0 Å². The maximum atomic E-state index is 13.0. The average Bonchev–Trinajstić information content (AvgIpc) is 2.74. The van der Waals surface area contributed by atoms with Crippen molar-refractivity contribution >= 4 is 23.2 Å². The van der Waals surface area contributed by atoms with E-state index in [4.69, 9.17) is 0 Å². The molecule has 1 aromatic heterocycles. The normalized spacial score (nSPS) is 10.8. The molecule has 7 nitrogen and oxygen atoms in total. The molecule has 2 N–H and O–H groups in total. The number of benzene rings is 2. The lowest BCUT2D eigenvalue weighted by atomic mass is 10.1. The lowest BCUT2D eigenvalue weighted by Gasteiger charge is -2.15. The molecule has 3 aromatic rings. The van der Waals surface area contributed by atoms with Gasteiger partial charge in [-0.05, 0) is 38.0 Å². The highest BCUT2D eigenvalue weighted by atomic mass is 16.2. The molecule has 0 aliphatic carbocycles. The maximum Gasteiger partial charge on any atom is 0.291 e. The van der Waals surface area contributed by atoms with Gasteiger partial charge in [0.2, 0.25) is 11.8 Å². The Kier molecular flexibility index (Phi) is 6.88. The molecule has 7 heteroatoms. The number of nitrogens with one attached hydrogen (secondary N) is 2. The fraction of sp³-hybridized carbons (Fsp3) is 0.280. The Morgan fingerprint density at radius 3 is 2.19 bits per heavy atom. The van der Waals surface area contributed by atoms with Crippen molar-refractivity contribution in [3.05, 3.63) is 75.6 Å². The Morgan fingerprint density at radius 1 is 0.969 bits per heavy atom. The highest BCUT2D eigenvalue weighted by molar-refractivity contribution is 5.93. The van der Waals surface area contributed by atoms with E-state index in [-0.39, 0.29) is 30.0 Å². The monoisotopic (exact) mass is 432 g/mol. The van der Waals surface area contributed by atoms with Crippen molar-refractivity contribution in [3.63, 3.8) is 0 Å². The number of hydrogen-bond acceptors (Lipinski definition) is 4. The number of hydrogen-bond donors (Lipinski definition) is 2. The third kappa shape index (κ3) is 5.29. The number of aromatic nitrogens is 2. The molecule has 0 aliphatic heterocycles. The first-order valence-corrected chi connectivity index (χ1v) is 10.5. The fourth-order valence-electron chi connectivity index (χ4n) is 3.46. The molecule has 32 heavy (non-hydrogen) atoms. The molecule has 0 radical (unpaired) electrons. The number of anilines is 2. The zero-order valence-corrected chi connectivity index (χ0v) is 19.0. The van der Waals surface area contributed by atoms with Crippen LogP contribution in [0.25, 0.3) is 11.3 Å². The molecular weight excluding hydrogens is 404 g/mol. The van der Waals surface area contributed by atoms with E-state index in [1.54, 1.807) is 19.9 Å². The second kappa shape index (κ2) is 9.60. The minimum Gasteiger partial charge on any atom is -0.324 e. The fourth-order valence-corrected chi connectivity index (χ4v) is 3.46. The van der Waals surface area contributed by atoms with Gasteiger partial charge in [-0.1, -0.05) is 61.9 Å². The summed E-state index contributed by atoms with van der Waals surface area (Å²) in [4.78, 5) is 38.0. The molecule has 0 saturated heterocycles. The van der Waals surface area contributed by atoms with Gasteiger partial charge in [0.05, 0.1) is 5.69 Å². The molecule has 0 bridgehead atoms. The van der Waals surface area contributed by atoms with E-state index >= 15 is 0 Å². The van der Waals surface area contributed by atoms with E-state index in [9.17, 15) is 14.4 Å². The molecule has 0 saturated carbocycles. The summed E-state index contributed by atoms with van der Waals surface area (Å²) in [5.41, 5.74) is 4.53. The largest absolute Gasteiger partial charge is 0.324 e. The van der Waals surface area contributed by atoms with E-state index in [0.717, 1.165) is 32.6 Å². The summed E-state index contributed by atoms with van der Waals surface area (Å²) in [6, 6.07) is 14.8. The molecule has 2 amide bonds. The van der Waals surface area contributed by atoms with Crippen molar-refractivity contribution in [2.24, 2.45) is 5.92 Å². The zero-order chi connectivity index (χ0) is 23.4. The summed E-state index contributed by atoms with van der Waals surface area (Å²) >= 11 is 0. The smallest absolute Gasteiger partial charge is 0.291 e. The van der Waals surface area contributed by atoms with Gasteiger partial charge in [-0.2, -0.15) is 5.10 Å². The van der Waals surface area contributed by atoms with Gasteiger partial charge in [0.15, 0.2) is 0 Å². The average molecular weight is 433 g/mol. The molecule has 0 atom stereocenters. The van der Waals surface area contributed by atoms with Gasteiger partial charge < -0.3 is 10.6 Å². The minimum absolute atomic E-state index is 0.0908. The van der Waals surface area contributed by atoms with Crippen LogP contribution in [0.15, 0.2) is 53.3 Å². The van der Waals surface area contributed by atoms with E-state index in [2.05, 4.69) is 15.7 Å². The second-order valence-corrected chi connectivity index (χ2v) is 8.24. The van der Waals surface area contributed by atoms with Crippen molar-refractivity contribution in [2.75, 3.05) is 10.6 Å². The summed E-state index contributed by atoms with van der Waals surface area (Å²) in [6.07, 6.45) is 0. The Hall–Kier alpha value is -3.74. The number of carbonyl (C=O) groups is 2. The van der Waals surface area contributed by atoms with Crippen LogP contribution in [0, 0.1) is 26.7 Å². The summed E-state index contributed by atoms with van der Waals surface area (Å²) in [5.74, 6) is -0.956. The standard InChI is InChI=1S/C25H28N4O3/c1-15(2)24(31)26-21-13-20(19-9-7-6-8-10-19)28-29(25(21)32)14-22(30)27-23-17(4)11-16(3)12-18(23)5/h6-13,15H,14H2,1-5H3,(H,26,31)(H,27,30). The van der Waals surface area contributed by atoms with E-state index in [1.807, 2.05) is 63.2 Å². The lowest BCUT2D eigenvalue weighted by molar-refractivity contribution is -0.119. The van der Waals surface area contributed by atoms with Gasteiger partial charge in [-0.25, -0.2) is 4.68 Å². The Labute approximate surface area is 187 Å². The molecule has 2 aromatic carbocycles. The highest BCUT2D eigenvalue weighted by Gasteiger charge is 2.17. The number of rotatable bonds is 6. The second-order valence-electron chi connectivity index (χ2n) is 8.24. The predicted octanol–water partition coefficient (Wildman–Crippen LogP) is 4.07. The van der Waals surface area contributed by atoms with Gasteiger partial charge >= 0.3 is 0 Å². The molecule has 166 valence electrons. The number of nitrogens with zero attached hydrogens (tertiary/aromatic N) is 2. The summed E-state index contributed by atoms with van der Waals surface area (Å²) in [7, 11) is 0. The predicted molar refractivity (Wildman–Crippen MR) is 127 cm³/mol. The Bertz CT molecular complexity index is 1190. The number of aryl methyl sites for hydroxylation is 3. The first-order chi connectivity index (χ1) is 15.2. The van der Waals surface area contributed by atoms with Gasteiger partial charge in [-0.3, -0.25) is 14.4 Å². The molecule has 0 aliphatic rings. The van der Waals surface area contributed by atoms with Gasteiger partial charge in [0.1, 0.15) is 12.2 Å². The SMILES string of the molecule is Cc1cc(C)c(NC(=O)Cn2nc(-c3ccccc3)cc(NC(=O)C(C)C)c2=O)c(C)c1. The van der Waals surface area contributed by atoms with Crippen LogP contribution in [-0.4, -0.2) is 21.6 Å². The lowest BCUT2D eigenvalue weighted by Crippen LogP contribution is -2.33. The summed E-state index contributed by atoms with van der Waals surface area (Å²) in [6.45, 7) is 9.05. The van der Waals surface area contributed by atoms with Gasteiger partial charge in [0.25, 0.3) is 5.56 Å². The highest BCUT2D eigenvalue weighted by Crippen LogP contribution is 2.22. The van der Waals surface area contributed by atoms with Gasteiger partial charge in [0, 0.05) is 17.2 Å². The van der Waals surface area contributed by atoms with Crippen LogP contribution in [0.1, 0.15) is 30.5 Å². The van der Waals surface area contributed by atoms with Crippen molar-refractivity contribution < 1.29 is 9.59 Å². The molecule has 0 fully saturated rings. The minimum atomic E-state index is -0.536. The van der Waals surface area contributed by atoms with Crippen LogP contribution in [0.4, 0.5) is 11.4 Å². The number of carbonyl (C=O) groups excluding carboxylic acids is 2. The molecule has 3 rings (SSSR count). The first-order valence-electron chi connectivity index (χ1n) is 10.5. The van der Waals surface area contributed by atoms with Crippen LogP contribution < -0.4 is 16.2 Å². The third-order valence-corrected chi connectivity index (χ3v) is 5.06. The van der Waals surface area contributed by atoms with Crippen molar-refractivity contribution in [1.82, 2.24) is 9.78 Å². The maximum absolute atomic E-state index is 13.0. The third-order valence-electron chi connectivity index (χ3n) is 5.06. The first kappa shape index (κ1) is 22.9. The van der Waals surface area contributed by atoms with Crippen LogP contribution in [0.2, 0.25) is 0 Å². The van der Waals surface area contributed by atoms with Crippen LogP contribution in [0.5, 0.6) is 0 Å². The number of amides is 2. The Balaban J connectivity index is 1.97. The van der Waals surface area contributed by atoms with Crippen LogP contribution >= 0.6 is 0 Å². The summed E-state index contributed by atoms with van der Waals surface area (Å²) in [5, 5.41) is 9.94. The van der Waals surface area contributed by atoms with Crippen molar-refractivity contribution in [3.8, 4) is 11.3 Å². The molecule has 0 unspecified atom stereocenters. The van der Waals surface area contributed by atoms with E-state index < -0.39 is 5.56 Å². The van der Waals surface area contributed by atoms with E-state index in [1.165, 1.54) is 0 Å². The van der Waals surface area contributed by atoms with Crippen LogP contribution in [-0.2, 0) is 16.1 Å². The van der Waals surface area contributed by atoms with E-state index in [0.29, 0.717) is 5.69 Å². The van der Waals surface area contributed by atoms with Crippen molar-refractivity contribution in [1.29, 1.82) is 0 Å². The molecule has 0 spiro atoms.